The molecule has 0 atom stereocenters. The SMILES string of the molecule is CCC(CC)(CC)Nc1ccc(N)c(C#N)c1. The van der Waals surface area contributed by atoms with E-state index in [1.807, 2.05) is 12.1 Å². The van der Waals surface area contributed by atoms with E-state index in [0.29, 0.717) is 11.3 Å². The van der Waals surface area contributed by atoms with Crippen LogP contribution in [-0.2, 0) is 0 Å². The maximum Gasteiger partial charge on any atom is 0.101 e. The standard InChI is InChI=1S/C14H21N3/c1-4-14(5-2,6-3)17-12-7-8-13(16)11(9-12)10-15/h7-9,17H,4-6,16H2,1-3H3. The molecule has 3 N–H and O–H groups in total. The second kappa shape index (κ2) is 5.58. The lowest BCUT2D eigenvalue weighted by Gasteiger charge is -2.33. The molecule has 0 radical (unpaired) electrons. The van der Waals surface area contributed by atoms with Crippen LogP contribution in [0.5, 0.6) is 0 Å². The number of hydrogen-bond donors (Lipinski definition) is 2. The summed E-state index contributed by atoms with van der Waals surface area (Å²) < 4.78 is 0. The third kappa shape index (κ3) is 2.91. The highest BCUT2D eigenvalue weighted by molar-refractivity contribution is 5.62. The molecule has 1 aromatic carbocycles. The van der Waals surface area contributed by atoms with E-state index in [1.54, 1.807) is 6.07 Å². The minimum absolute atomic E-state index is 0.114. The molecular formula is C14H21N3. The number of nitriles is 1. The molecule has 0 saturated heterocycles. The van der Waals surface area contributed by atoms with Gasteiger partial charge in [-0.15, -0.1) is 0 Å². The van der Waals surface area contributed by atoms with Gasteiger partial charge in [0.05, 0.1) is 5.56 Å². The van der Waals surface area contributed by atoms with E-state index in [1.165, 1.54) is 0 Å². The molecule has 0 bridgehead atoms. The van der Waals surface area contributed by atoms with Crippen LogP contribution >= 0.6 is 0 Å². The van der Waals surface area contributed by atoms with Gasteiger partial charge in [0, 0.05) is 16.9 Å². The lowest BCUT2D eigenvalue weighted by atomic mass is 9.89. The van der Waals surface area contributed by atoms with Crippen molar-refractivity contribution in [1.82, 2.24) is 0 Å². The smallest absolute Gasteiger partial charge is 0.101 e. The summed E-state index contributed by atoms with van der Waals surface area (Å²) in [6.45, 7) is 6.55. The number of nitrogens with two attached hydrogens (primary N) is 1. The minimum Gasteiger partial charge on any atom is -0.398 e. The van der Waals surface area contributed by atoms with Gasteiger partial charge in [-0.2, -0.15) is 5.26 Å². The van der Waals surface area contributed by atoms with Gasteiger partial charge in [-0.3, -0.25) is 0 Å². The Labute approximate surface area is 104 Å². The summed E-state index contributed by atoms with van der Waals surface area (Å²) in [6, 6.07) is 7.66. The molecule has 3 heteroatoms. The average Bonchev–Trinajstić information content (AvgIpc) is 2.38. The van der Waals surface area contributed by atoms with Crippen LogP contribution < -0.4 is 11.1 Å². The highest BCUT2D eigenvalue weighted by atomic mass is 15.0. The quantitative estimate of drug-likeness (QED) is 0.762. The fraction of sp³-hybridized carbons (Fsp3) is 0.500. The highest BCUT2D eigenvalue weighted by Crippen LogP contribution is 2.27. The molecule has 0 unspecified atom stereocenters. The van der Waals surface area contributed by atoms with Crippen molar-refractivity contribution < 1.29 is 0 Å². The molecule has 0 heterocycles. The number of nitrogens with zero attached hydrogens (tertiary/aromatic N) is 1. The number of anilines is 2. The number of benzene rings is 1. The maximum atomic E-state index is 8.96. The van der Waals surface area contributed by atoms with Crippen molar-refractivity contribution in [2.24, 2.45) is 0 Å². The van der Waals surface area contributed by atoms with E-state index in [0.717, 1.165) is 24.9 Å². The van der Waals surface area contributed by atoms with Gasteiger partial charge in [0.1, 0.15) is 6.07 Å². The van der Waals surface area contributed by atoms with Gasteiger partial charge in [-0.1, -0.05) is 20.8 Å². The molecule has 1 aromatic rings. The van der Waals surface area contributed by atoms with E-state index in [4.69, 9.17) is 11.0 Å². The van der Waals surface area contributed by atoms with Crippen LogP contribution in [0.1, 0.15) is 45.6 Å². The molecule has 0 aromatic heterocycles. The normalized spacial score (nSPS) is 10.9. The van der Waals surface area contributed by atoms with Gasteiger partial charge >= 0.3 is 0 Å². The molecule has 0 fully saturated rings. The average molecular weight is 231 g/mol. The first-order valence-electron chi connectivity index (χ1n) is 6.18. The monoisotopic (exact) mass is 231 g/mol. The van der Waals surface area contributed by atoms with Crippen LogP contribution in [0.15, 0.2) is 18.2 Å². The summed E-state index contributed by atoms with van der Waals surface area (Å²) >= 11 is 0. The summed E-state index contributed by atoms with van der Waals surface area (Å²) in [7, 11) is 0. The Hall–Kier alpha value is -1.69. The Bertz CT molecular complexity index is 406. The maximum absolute atomic E-state index is 8.96. The van der Waals surface area contributed by atoms with Crippen molar-refractivity contribution in [2.45, 2.75) is 45.6 Å². The van der Waals surface area contributed by atoms with Crippen molar-refractivity contribution in [1.29, 1.82) is 5.26 Å². The Morgan fingerprint density at radius 3 is 2.29 bits per heavy atom. The molecule has 3 nitrogen and oxygen atoms in total. The molecular weight excluding hydrogens is 210 g/mol. The molecule has 0 saturated carbocycles. The largest absolute Gasteiger partial charge is 0.398 e. The fourth-order valence-corrected chi connectivity index (χ4v) is 2.05. The van der Waals surface area contributed by atoms with Crippen LogP contribution in [0.3, 0.4) is 0 Å². The number of nitrogen functional groups attached to an aromatic ring is 1. The fourth-order valence-electron chi connectivity index (χ4n) is 2.05. The summed E-state index contributed by atoms with van der Waals surface area (Å²) in [5.74, 6) is 0. The Morgan fingerprint density at radius 1 is 1.24 bits per heavy atom. The second-order valence-corrected chi connectivity index (χ2v) is 4.38. The predicted molar refractivity (Wildman–Crippen MR) is 72.8 cm³/mol. The van der Waals surface area contributed by atoms with Crippen LogP contribution in [0, 0.1) is 11.3 Å². The van der Waals surface area contributed by atoms with E-state index >= 15 is 0 Å². The first-order chi connectivity index (χ1) is 8.10. The van der Waals surface area contributed by atoms with Crippen molar-refractivity contribution in [3.63, 3.8) is 0 Å². The zero-order valence-corrected chi connectivity index (χ0v) is 10.9. The third-order valence-electron chi connectivity index (χ3n) is 3.61. The van der Waals surface area contributed by atoms with E-state index < -0.39 is 0 Å². The lowest BCUT2D eigenvalue weighted by Crippen LogP contribution is -2.36. The van der Waals surface area contributed by atoms with Gasteiger partial charge in [-0.25, -0.2) is 0 Å². The van der Waals surface area contributed by atoms with Crippen molar-refractivity contribution in [3.8, 4) is 6.07 Å². The topological polar surface area (TPSA) is 61.8 Å². The second-order valence-electron chi connectivity index (χ2n) is 4.38. The number of rotatable bonds is 5. The molecule has 0 aliphatic heterocycles. The molecule has 0 aliphatic carbocycles. The van der Waals surface area contributed by atoms with Gasteiger partial charge in [0.15, 0.2) is 0 Å². The van der Waals surface area contributed by atoms with Crippen LogP contribution in [0.4, 0.5) is 11.4 Å². The van der Waals surface area contributed by atoms with Gasteiger partial charge in [-0.05, 0) is 37.5 Å². The molecule has 92 valence electrons. The van der Waals surface area contributed by atoms with E-state index in [-0.39, 0.29) is 5.54 Å². The van der Waals surface area contributed by atoms with Crippen molar-refractivity contribution in [3.05, 3.63) is 23.8 Å². The molecule has 0 amide bonds. The highest BCUT2D eigenvalue weighted by Gasteiger charge is 2.23. The zero-order valence-electron chi connectivity index (χ0n) is 10.9. The lowest BCUT2D eigenvalue weighted by molar-refractivity contribution is 0.420. The summed E-state index contributed by atoms with van der Waals surface area (Å²) in [5, 5.41) is 12.5. The van der Waals surface area contributed by atoms with Gasteiger partial charge in [0.2, 0.25) is 0 Å². The van der Waals surface area contributed by atoms with E-state index in [9.17, 15) is 0 Å². The predicted octanol–water partition coefficient (Wildman–Crippen LogP) is 3.52. The Kier molecular flexibility index (Phi) is 4.39. The zero-order chi connectivity index (χ0) is 12.9. The van der Waals surface area contributed by atoms with Crippen molar-refractivity contribution >= 4 is 11.4 Å². The Balaban J connectivity index is 2.99. The first-order valence-corrected chi connectivity index (χ1v) is 6.18. The summed E-state index contributed by atoms with van der Waals surface area (Å²) in [6.07, 6.45) is 3.19. The van der Waals surface area contributed by atoms with E-state index in [2.05, 4.69) is 32.2 Å². The summed E-state index contributed by atoms with van der Waals surface area (Å²) in [5.41, 5.74) is 7.87. The number of nitrogens with one attached hydrogen (secondary N) is 1. The van der Waals surface area contributed by atoms with Gasteiger partial charge < -0.3 is 11.1 Å². The minimum atomic E-state index is 0.114. The first kappa shape index (κ1) is 13.4. The Morgan fingerprint density at radius 2 is 1.82 bits per heavy atom. The van der Waals surface area contributed by atoms with Crippen LogP contribution in [-0.4, -0.2) is 5.54 Å². The molecule has 1 rings (SSSR count). The third-order valence-corrected chi connectivity index (χ3v) is 3.61. The van der Waals surface area contributed by atoms with Crippen molar-refractivity contribution in [2.75, 3.05) is 11.1 Å². The molecule has 0 spiro atoms. The number of hydrogen-bond acceptors (Lipinski definition) is 3. The van der Waals surface area contributed by atoms with Crippen LogP contribution in [0.25, 0.3) is 0 Å². The summed E-state index contributed by atoms with van der Waals surface area (Å²) in [4.78, 5) is 0. The van der Waals surface area contributed by atoms with Gasteiger partial charge in [0.25, 0.3) is 0 Å². The molecule has 0 aliphatic rings. The van der Waals surface area contributed by atoms with Crippen LogP contribution in [0.2, 0.25) is 0 Å². The molecule has 17 heavy (non-hydrogen) atoms.